The third-order valence-electron chi connectivity index (χ3n) is 4.29. The van der Waals surface area contributed by atoms with Crippen LogP contribution in [0.15, 0.2) is 51.5 Å². The van der Waals surface area contributed by atoms with E-state index >= 15 is 0 Å². The molecule has 2 aromatic carbocycles. The van der Waals surface area contributed by atoms with E-state index in [4.69, 9.17) is 9.47 Å². The molecule has 0 radical (unpaired) electrons. The van der Waals surface area contributed by atoms with Crippen molar-refractivity contribution in [2.75, 3.05) is 12.1 Å². The van der Waals surface area contributed by atoms with Gasteiger partial charge in [0, 0.05) is 4.47 Å². The molecule has 0 spiro atoms. The van der Waals surface area contributed by atoms with E-state index in [0.717, 1.165) is 21.3 Å². The molecule has 1 aliphatic heterocycles. The number of methoxy groups -OCH3 is 1. The number of rotatable bonds is 5. The summed E-state index contributed by atoms with van der Waals surface area (Å²) in [4.78, 5) is 13.0. The van der Waals surface area contributed by atoms with Crippen LogP contribution >= 0.6 is 15.9 Å². The smallest absolute Gasteiger partial charge is 0.280 e. The van der Waals surface area contributed by atoms with Gasteiger partial charge < -0.3 is 9.47 Å². The second-order valence-corrected chi connectivity index (χ2v) is 7.74. The normalized spacial score (nSPS) is 15.4. The molecule has 1 aliphatic rings. The summed E-state index contributed by atoms with van der Waals surface area (Å²) in [6.45, 7) is 7.76. The maximum absolute atomic E-state index is 13.0. The van der Waals surface area contributed by atoms with Crippen LogP contribution in [0.25, 0.3) is 6.08 Å². The van der Waals surface area contributed by atoms with Crippen molar-refractivity contribution in [1.29, 1.82) is 0 Å². The van der Waals surface area contributed by atoms with Gasteiger partial charge in [0.2, 0.25) is 0 Å². The monoisotopic (exact) mass is 442 g/mol. The molecular formula is C22H23BrN2O3. The highest BCUT2D eigenvalue weighted by molar-refractivity contribution is 9.10. The van der Waals surface area contributed by atoms with Crippen LogP contribution < -0.4 is 14.5 Å². The number of aryl methyl sites for hydroxylation is 1. The van der Waals surface area contributed by atoms with Gasteiger partial charge in [-0.15, -0.1) is 0 Å². The number of carbonyl (C=O) groups is 1. The molecule has 3 rings (SSSR count). The van der Waals surface area contributed by atoms with Crippen LogP contribution in [0.3, 0.4) is 0 Å². The Hall–Kier alpha value is -2.60. The minimum absolute atomic E-state index is 0.0267. The van der Waals surface area contributed by atoms with Gasteiger partial charge in [-0.3, -0.25) is 4.79 Å². The molecule has 0 N–H and O–H groups in total. The highest BCUT2D eigenvalue weighted by atomic mass is 79.9. The van der Waals surface area contributed by atoms with Crippen LogP contribution in [-0.2, 0) is 4.79 Å². The van der Waals surface area contributed by atoms with E-state index in [1.807, 2.05) is 70.2 Å². The first kappa shape index (κ1) is 20.1. The number of amides is 1. The van der Waals surface area contributed by atoms with E-state index in [1.54, 1.807) is 7.11 Å². The van der Waals surface area contributed by atoms with Crippen molar-refractivity contribution in [1.82, 2.24) is 0 Å². The number of carbonyl (C=O) groups excluding carboxylic acids is 1. The lowest BCUT2D eigenvalue weighted by atomic mass is 10.1. The fraction of sp³-hybridized carbons (Fsp3) is 0.273. The van der Waals surface area contributed by atoms with Crippen molar-refractivity contribution >= 4 is 39.3 Å². The highest BCUT2D eigenvalue weighted by Gasteiger charge is 2.29. The molecule has 5 nitrogen and oxygen atoms in total. The first-order valence-corrected chi connectivity index (χ1v) is 9.82. The van der Waals surface area contributed by atoms with Crippen molar-refractivity contribution in [2.24, 2.45) is 5.10 Å². The Morgan fingerprint density at radius 3 is 2.39 bits per heavy atom. The molecular weight excluding hydrogens is 420 g/mol. The number of hydrogen-bond acceptors (Lipinski definition) is 4. The minimum Gasteiger partial charge on any atom is -0.493 e. The molecule has 0 aliphatic carbocycles. The van der Waals surface area contributed by atoms with Crippen LogP contribution in [-0.4, -0.2) is 24.8 Å². The maximum Gasteiger partial charge on any atom is 0.280 e. The SMILES string of the molecule is COc1cc(C=C2C(=O)N(c3ccc(C)cc3)N=C2C)c(Br)cc1OC(C)C. The molecule has 0 saturated carbocycles. The largest absolute Gasteiger partial charge is 0.493 e. The topological polar surface area (TPSA) is 51.1 Å². The minimum atomic E-state index is -0.158. The van der Waals surface area contributed by atoms with Gasteiger partial charge in [0.1, 0.15) is 0 Å². The van der Waals surface area contributed by atoms with Gasteiger partial charge in [0.25, 0.3) is 5.91 Å². The first-order chi connectivity index (χ1) is 13.3. The molecule has 1 amide bonds. The van der Waals surface area contributed by atoms with Gasteiger partial charge >= 0.3 is 0 Å². The Morgan fingerprint density at radius 1 is 1.11 bits per heavy atom. The van der Waals surface area contributed by atoms with Gasteiger partial charge in [0.15, 0.2) is 11.5 Å². The summed E-state index contributed by atoms with van der Waals surface area (Å²) in [5.74, 6) is 1.10. The van der Waals surface area contributed by atoms with Crippen LogP contribution in [0.1, 0.15) is 31.9 Å². The average Bonchev–Trinajstić information content (AvgIpc) is 2.92. The standard InChI is InChI=1S/C22H23BrN2O3/c1-13(2)28-21-12-19(23)16(11-20(21)27-5)10-18-15(4)24-25(22(18)26)17-8-6-14(3)7-9-17/h6-13H,1-5H3. The highest BCUT2D eigenvalue weighted by Crippen LogP contribution is 2.36. The fourth-order valence-electron chi connectivity index (χ4n) is 2.87. The zero-order valence-electron chi connectivity index (χ0n) is 16.6. The Kier molecular flexibility index (Phi) is 5.89. The molecule has 0 aromatic heterocycles. The summed E-state index contributed by atoms with van der Waals surface area (Å²) in [5.41, 5.74) is 3.90. The average molecular weight is 443 g/mol. The zero-order chi connectivity index (χ0) is 20.4. The molecule has 0 saturated heterocycles. The summed E-state index contributed by atoms with van der Waals surface area (Å²) in [6.07, 6.45) is 1.85. The lowest BCUT2D eigenvalue weighted by Gasteiger charge is -2.15. The molecule has 0 fully saturated rings. The lowest BCUT2D eigenvalue weighted by Crippen LogP contribution is -2.21. The zero-order valence-corrected chi connectivity index (χ0v) is 18.2. The summed E-state index contributed by atoms with van der Waals surface area (Å²) >= 11 is 3.57. The van der Waals surface area contributed by atoms with Crippen molar-refractivity contribution < 1.29 is 14.3 Å². The summed E-state index contributed by atoms with van der Waals surface area (Å²) in [7, 11) is 1.60. The molecule has 6 heteroatoms. The number of benzene rings is 2. The second kappa shape index (κ2) is 8.19. The number of hydrogen-bond donors (Lipinski definition) is 0. The lowest BCUT2D eigenvalue weighted by molar-refractivity contribution is -0.114. The summed E-state index contributed by atoms with van der Waals surface area (Å²) < 4.78 is 12.1. The number of hydrazone groups is 1. The van der Waals surface area contributed by atoms with Gasteiger partial charge in [-0.25, -0.2) is 0 Å². The van der Waals surface area contributed by atoms with Gasteiger partial charge in [-0.05, 0) is 63.6 Å². The van der Waals surface area contributed by atoms with Crippen molar-refractivity contribution in [3.63, 3.8) is 0 Å². The van der Waals surface area contributed by atoms with Crippen LogP contribution in [0, 0.1) is 6.92 Å². The number of halogens is 1. The number of ether oxygens (including phenoxy) is 2. The van der Waals surface area contributed by atoms with E-state index in [1.165, 1.54) is 5.01 Å². The third-order valence-corrected chi connectivity index (χ3v) is 4.97. The molecule has 146 valence electrons. The van der Waals surface area contributed by atoms with Gasteiger partial charge in [0.05, 0.1) is 30.2 Å². The van der Waals surface area contributed by atoms with Crippen LogP contribution in [0.2, 0.25) is 0 Å². The first-order valence-electron chi connectivity index (χ1n) is 9.02. The molecule has 0 bridgehead atoms. The molecule has 0 atom stereocenters. The Labute approximate surface area is 173 Å². The maximum atomic E-state index is 13.0. The second-order valence-electron chi connectivity index (χ2n) is 6.89. The Bertz CT molecular complexity index is 962. The quantitative estimate of drug-likeness (QED) is 0.585. The molecule has 0 unspecified atom stereocenters. The molecule has 2 aromatic rings. The van der Waals surface area contributed by atoms with Crippen molar-refractivity contribution in [2.45, 2.75) is 33.8 Å². The molecule has 28 heavy (non-hydrogen) atoms. The third kappa shape index (κ3) is 4.12. The number of anilines is 1. The van der Waals surface area contributed by atoms with E-state index in [2.05, 4.69) is 21.0 Å². The van der Waals surface area contributed by atoms with Gasteiger partial charge in [-0.2, -0.15) is 10.1 Å². The van der Waals surface area contributed by atoms with Crippen molar-refractivity contribution in [3.8, 4) is 11.5 Å². The number of nitrogens with zero attached hydrogens (tertiary/aromatic N) is 2. The van der Waals surface area contributed by atoms with E-state index < -0.39 is 0 Å². The van der Waals surface area contributed by atoms with Crippen LogP contribution in [0.5, 0.6) is 11.5 Å². The molecule has 1 heterocycles. The van der Waals surface area contributed by atoms with E-state index in [0.29, 0.717) is 22.8 Å². The Morgan fingerprint density at radius 2 is 1.79 bits per heavy atom. The van der Waals surface area contributed by atoms with Crippen LogP contribution in [0.4, 0.5) is 5.69 Å². The van der Waals surface area contributed by atoms with E-state index in [-0.39, 0.29) is 12.0 Å². The summed E-state index contributed by atoms with van der Waals surface area (Å²) in [5, 5.41) is 5.87. The summed E-state index contributed by atoms with van der Waals surface area (Å²) in [6, 6.07) is 11.4. The van der Waals surface area contributed by atoms with E-state index in [9.17, 15) is 4.79 Å². The Balaban J connectivity index is 1.96. The van der Waals surface area contributed by atoms with Gasteiger partial charge in [-0.1, -0.05) is 33.6 Å². The predicted molar refractivity (Wildman–Crippen MR) is 116 cm³/mol. The fourth-order valence-corrected chi connectivity index (χ4v) is 3.30. The van der Waals surface area contributed by atoms with Crippen molar-refractivity contribution in [3.05, 3.63) is 57.6 Å². The predicted octanol–water partition coefficient (Wildman–Crippen LogP) is 5.36.